The summed E-state index contributed by atoms with van der Waals surface area (Å²) in [5, 5.41) is 8.08. The molecule has 1 atom stereocenters. The normalized spacial score (nSPS) is 19.5. The lowest BCUT2D eigenvalue weighted by Gasteiger charge is -2.33. The van der Waals surface area contributed by atoms with Crippen molar-refractivity contribution in [3.05, 3.63) is 24.7 Å². The van der Waals surface area contributed by atoms with Crippen molar-refractivity contribution in [2.75, 3.05) is 18.0 Å². The minimum absolute atomic E-state index is 0.248. The number of aromatic amines is 1. The molecule has 0 bridgehead atoms. The zero-order chi connectivity index (χ0) is 16.0. The Morgan fingerprint density at radius 1 is 1.30 bits per heavy atom. The fourth-order valence-corrected chi connectivity index (χ4v) is 4.02. The van der Waals surface area contributed by atoms with Gasteiger partial charge in [-0.1, -0.05) is 0 Å². The maximum Gasteiger partial charge on any atom is 0.269 e. The molecule has 4 heterocycles. The van der Waals surface area contributed by atoms with Crippen molar-refractivity contribution in [1.82, 2.24) is 20.2 Å². The predicted octanol–water partition coefficient (Wildman–Crippen LogP) is 1.36. The van der Waals surface area contributed by atoms with Crippen LogP contribution in [0.1, 0.15) is 12.8 Å². The van der Waals surface area contributed by atoms with Gasteiger partial charge in [-0.25, -0.2) is 9.97 Å². The number of pyridine rings is 1. The molecule has 2 N–H and O–H groups in total. The molecule has 3 aromatic heterocycles. The number of rotatable bonds is 2. The van der Waals surface area contributed by atoms with Crippen LogP contribution in [0.5, 0.6) is 0 Å². The largest absolute Gasteiger partial charge is 0.368 e. The van der Waals surface area contributed by atoms with E-state index < -0.39 is 15.4 Å². The number of hydrogen-bond donors (Lipinski definition) is 2. The quantitative estimate of drug-likeness (QED) is 0.681. The van der Waals surface area contributed by atoms with Gasteiger partial charge in [-0.3, -0.25) is 9.65 Å². The molecule has 23 heavy (non-hydrogen) atoms. The molecular weight excluding hydrogens is 318 g/mol. The van der Waals surface area contributed by atoms with E-state index in [1.165, 1.54) is 0 Å². The van der Waals surface area contributed by atoms with Gasteiger partial charge in [0.05, 0.1) is 23.6 Å². The lowest BCUT2D eigenvalue weighted by Crippen LogP contribution is -2.42. The van der Waals surface area contributed by atoms with Gasteiger partial charge in [0.25, 0.3) is 10.1 Å². The molecule has 0 spiro atoms. The first-order valence-corrected chi connectivity index (χ1v) is 8.82. The van der Waals surface area contributed by atoms with E-state index >= 15 is 0 Å². The van der Waals surface area contributed by atoms with Crippen molar-refractivity contribution < 1.29 is 13.0 Å². The summed E-state index contributed by atoms with van der Waals surface area (Å²) in [5.74, 6) is 0. The van der Waals surface area contributed by atoms with Crippen LogP contribution in [0.15, 0.2) is 24.7 Å². The van der Waals surface area contributed by atoms with Gasteiger partial charge in [-0.2, -0.15) is 13.5 Å². The second kappa shape index (κ2) is 5.14. The minimum Gasteiger partial charge on any atom is -0.368 e. The molecule has 1 aliphatic rings. The summed E-state index contributed by atoms with van der Waals surface area (Å²) in [6.45, 7) is 0.961. The highest BCUT2D eigenvalue weighted by atomic mass is 32.2. The topological polar surface area (TPSA) is 112 Å². The van der Waals surface area contributed by atoms with Gasteiger partial charge in [0.1, 0.15) is 5.25 Å². The summed E-state index contributed by atoms with van der Waals surface area (Å²) in [6.07, 6.45) is 6.21. The monoisotopic (exact) mass is 333 g/mol. The Labute approximate surface area is 132 Å². The third-order valence-corrected chi connectivity index (χ3v) is 5.53. The van der Waals surface area contributed by atoms with E-state index in [0.717, 1.165) is 22.0 Å². The van der Waals surface area contributed by atoms with Crippen LogP contribution < -0.4 is 4.90 Å². The lowest BCUT2D eigenvalue weighted by molar-refractivity contribution is 0.447. The summed E-state index contributed by atoms with van der Waals surface area (Å²) in [5.41, 5.74) is 2.23. The van der Waals surface area contributed by atoms with Crippen LogP contribution >= 0.6 is 0 Å². The molecule has 0 aromatic carbocycles. The Bertz CT molecular complexity index is 984. The summed E-state index contributed by atoms with van der Waals surface area (Å²) < 4.78 is 32.3. The number of fused-ring (bicyclic) bond motifs is 3. The molecule has 0 saturated carbocycles. The molecule has 120 valence electrons. The molecule has 0 aliphatic carbocycles. The summed E-state index contributed by atoms with van der Waals surface area (Å²) >= 11 is 0. The first kappa shape index (κ1) is 14.3. The number of H-pyrrole nitrogens is 1. The molecule has 1 unspecified atom stereocenters. The Kier molecular flexibility index (Phi) is 3.20. The van der Waals surface area contributed by atoms with Crippen LogP contribution in [0.3, 0.4) is 0 Å². The van der Waals surface area contributed by atoms with E-state index in [2.05, 4.69) is 20.2 Å². The first-order chi connectivity index (χ1) is 11.0. The van der Waals surface area contributed by atoms with Crippen molar-refractivity contribution in [3.63, 3.8) is 0 Å². The number of piperidine rings is 1. The molecule has 8 nitrogen and oxygen atoms in total. The average molecular weight is 333 g/mol. The Balaban J connectivity index is 1.86. The Hall–Kier alpha value is -2.26. The van der Waals surface area contributed by atoms with Gasteiger partial charge >= 0.3 is 0 Å². The second-order valence-corrected chi connectivity index (χ2v) is 7.41. The number of anilines is 1. The molecule has 0 radical (unpaired) electrons. The average Bonchev–Trinajstić information content (AvgIpc) is 3.02. The molecule has 4 rings (SSSR count). The van der Waals surface area contributed by atoms with Crippen molar-refractivity contribution in [1.29, 1.82) is 0 Å². The number of nitrogens with one attached hydrogen (secondary N) is 1. The van der Waals surface area contributed by atoms with Crippen molar-refractivity contribution in [2.24, 2.45) is 0 Å². The van der Waals surface area contributed by atoms with Gasteiger partial charge in [0, 0.05) is 30.1 Å². The Morgan fingerprint density at radius 2 is 2.17 bits per heavy atom. The minimum atomic E-state index is -4.05. The molecule has 3 aromatic rings. The predicted molar refractivity (Wildman–Crippen MR) is 86.0 cm³/mol. The SMILES string of the molecule is O=S(=O)(O)C1CCCN(c2cn[nH]c3cnc4nccc4c23)C1. The van der Waals surface area contributed by atoms with E-state index in [-0.39, 0.29) is 6.54 Å². The third-order valence-electron chi connectivity index (χ3n) is 4.30. The first-order valence-electron chi connectivity index (χ1n) is 7.32. The van der Waals surface area contributed by atoms with Gasteiger partial charge in [0.2, 0.25) is 0 Å². The number of aromatic nitrogens is 4. The van der Waals surface area contributed by atoms with Crippen molar-refractivity contribution in [2.45, 2.75) is 18.1 Å². The second-order valence-electron chi connectivity index (χ2n) is 5.71. The van der Waals surface area contributed by atoms with Crippen LogP contribution in [0.2, 0.25) is 0 Å². The fraction of sp³-hybridized carbons (Fsp3) is 0.357. The van der Waals surface area contributed by atoms with Crippen molar-refractivity contribution in [3.8, 4) is 0 Å². The summed E-state index contributed by atoms with van der Waals surface area (Å²) in [6, 6.07) is 1.88. The molecule has 1 saturated heterocycles. The van der Waals surface area contributed by atoms with E-state index in [1.54, 1.807) is 18.6 Å². The van der Waals surface area contributed by atoms with Crippen molar-refractivity contribution >= 4 is 37.7 Å². The highest BCUT2D eigenvalue weighted by molar-refractivity contribution is 7.86. The smallest absolute Gasteiger partial charge is 0.269 e. The third kappa shape index (κ3) is 2.41. The van der Waals surface area contributed by atoms with Gasteiger partial charge < -0.3 is 4.90 Å². The van der Waals surface area contributed by atoms with Crippen LogP contribution in [0.25, 0.3) is 21.9 Å². The fourth-order valence-electron chi connectivity index (χ4n) is 3.19. The van der Waals surface area contributed by atoms with E-state index in [9.17, 15) is 13.0 Å². The summed E-state index contributed by atoms with van der Waals surface area (Å²) in [4.78, 5) is 10.4. The number of nitrogens with zero attached hydrogens (tertiary/aromatic N) is 4. The maximum absolute atomic E-state index is 11.5. The van der Waals surface area contributed by atoms with Crippen LogP contribution in [-0.2, 0) is 10.1 Å². The molecular formula is C14H15N5O3S. The van der Waals surface area contributed by atoms with E-state index in [0.29, 0.717) is 25.0 Å². The molecule has 1 fully saturated rings. The molecule has 0 amide bonds. The highest BCUT2D eigenvalue weighted by Crippen LogP contribution is 2.32. The number of hydrogen-bond acceptors (Lipinski definition) is 6. The van der Waals surface area contributed by atoms with Gasteiger partial charge in [-0.05, 0) is 18.9 Å². The van der Waals surface area contributed by atoms with Gasteiger partial charge in [-0.15, -0.1) is 0 Å². The summed E-state index contributed by atoms with van der Waals surface area (Å²) in [7, 11) is -4.05. The van der Waals surface area contributed by atoms with Crippen LogP contribution in [0, 0.1) is 0 Å². The van der Waals surface area contributed by atoms with E-state index in [4.69, 9.17) is 0 Å². The van der Waals surface area contributed by atoms with Gasteiger partial charge in [0.15, 0.2) is 5.65 Å². The Morgan fingerprint density at radius 3 is 3.00 bits per heavy atom. The molecule has 9 heteroatoms. The zero-order valence-electron chi connectivity index (χ0n) is 12.2. The lowest BCUT2D eigenvalue weighted by atomic mass is 10.1. The van der Waals surface area contributed by atoms with Crippen LogP contribution in [-0.4, -0.2) is 51.5 Å². The highest BCUT2D eigenvalue weighted by Gasteiger charge is 2.30. The van der Waals surface area contributed by atoms with E-state index in [1.807, 2.05) is 11.0 Å². The van der Waals surface area contributed by atoms with Crippen LogP contribution in [0.4, 0.5) is 5.69 Å². The standard InChI is InChI=1S/C14H15N5O3S/c20-23(21,22)9-2-1-5-19(8-9)12-7-17-18-11-6-16-14-10(13(11)12)3-4-15-14/h3-4,6-7,9,18H,1-2,5,8H2,(H,20,21,22). The zero-order valence-corrected chi connectivity index (χ0v) is 13.0. The molecule has 1 aliphatic heterocycles. The maximum atomic E-state index is 11.5.